The highest BCUT2D eigenvalue weighted by atomic mass is 79.9. The molecule has 1 heterocycles. The molecule has 0 spiro atoms. The second-order valence-corrected chi connectivity index (χ2v) is 5.77. The van der Waals surface area contributed by atoms with Crippen LogP contribution in [-0.4, -0.2) is 15.6 Å². The lowest BCUT2D eigenvalue weighted by molar-refractivity contribution is 0.735. The van der Waals surface area contributed by atoms with Crippen LogP contribution in [0.4, 0.5) is 0 Å². The number of hydrogen-bond donors (Lipinski definition) is 1. The Hall–Kier alpha value is -1.13. The van der Waals surface area contributed by atoms with Crippen molar-refractivity contribution < 1.29 is 0 Å². The molecule has 3 nitrogen and oxygen atoms in total. The molecule has 19 heavy (non-hydrogen) atoms. The molecule has 2 rings (SSSR count). The molecule has 2 N–H and O–H groups in total. The van der Waals surface area contributed by atoms with E-state index in [1.165, 1.54) is 5.56 Å². The van der Waals surface area contributed by atoms with Gasteiger partial charge in [-0.2, -0.15) is 0 Å². The molecule has 102 valence electrons. The second kappa shape index (κ2) is 6.35. The Bertz CT molecular complexity index is 546. The summed E-state index contributed by atoms with van der Waals surface area (Å²) < 4.78 is 3.25. The molecule has 1 unspecified atom stereocenters. The molecule has 2 aromatic rings. The van der Waals surface area contributed by atoms with Crippen molar-refractivity contribution >= 4 is 15.9 Å². The number of hydrogen-bond acceptors (Lipinski definition) is 2. The van der Waals surface area contributed by atoms with E-state index in [1.54, 1.807) is 0 Å². The minimum atomic E-state index is 0.172. The van der Waals surface area contributed by atoms with Crippen LogP contribution in [0.5, 0.6) is 0 Å². The van der Waals surface area contributed by atoms with Crippen LogP contribution in [0.15, 0.2) is 35.1 Å². The second-order valence-electron chi connectivity index (χ2n) is 4.92. The topological polar surface area (TPSA) is 43.8 Å². The van der Waals surface area contributed by atoms with Crippen LogP contribution >= 0.6 is 15.9 Å². The molecule has 0 aliphatic heterocycles. The molecule has 0 bridgehead atoms. The predicted octanol–water partition coefficient (Wildman–Crippen LogP) is 3.48. The summed E-state index contributed by atoms with van der Waals surface area (Å²) in [5.74, 6) is 1.11. The van der Waals surface area contributed by atoms with Crippen LogP contribution in [0.3, 0.4) is 0 Å². The lowest BCUT2D eigenvalue weighted by atomic mass is 10.1. The Morgan fingerprint density at radius 3 is 2.84 bits per heavy atom. The van der Waals surface area contributed by atoms with Crippen molar-refractivity contribution in [2.24, 2.45) is 5.73 Å². The number of nitrogens with two attached hydrogens (primary N) is 1. The summed E-state index contributed by atoms with van der Waals surface area (Å²) in [5, 5.41) is 0. The van der Waals surface area contributed by atoms with Crippen LogP contribution < -0.4 is 5.73 Å². The number of rotatable bonds is 5. The Morgan fingerprint density at radius 2 is 2.21 bits per heavy atom. The summed E-state index contributed by atoms with van der Waals surface area (Å²) in [6, 6.07) is 6.58. The average Bonchev–Trinajstić information content (AvgIpc) is 2.80. The van der Waals surface area contributed by atoms with E-state index in [-0.39, 0.29) is 6.04 Å². The molecule has 0 saturated heterocycles. The van der Waals surface area contributed by atoms with E-state index in [2.05, 4.69) is 50.6 Å². The minimum absolute atomic E-state index is 0.172. The molecule has 0 saturated carbocycles. The molecule has 1 atom stereocenters. The zero-order valence-corrected chi connectivity index (χ0v) is 13.0. The fraction of sp³-hybridized carbons (Fsp3) is 0.400. The van der Waals surface area contributed by atoms with Gasteiger partial charge in [-0.1, -0.05) is 28.9 Å². The minimum Gasteiger partial charge on any atom is -0.328 e. The van der Waals surface area contributed by atoms with Gasteiger partial charge in [0.25, 0.3) is 0 Å². The maximum atomic E-state index is 5.85. The normalized spacial score (nSPS) is 12.6. The van der Waals surface area contributed by atoms with Crippen molar-refractivity contribution in [3.05, 3.63) is 46.5 Å². The van der Waals surface area contributed by atoms with Gasteiger partial charge < -0.3 is 10.3 Å². The summed E-state index contributed by atoms with van der Waals surface area (Å²) in [6.45, 7) is 4.19. The summed E-state index contributed by atoms with van der Waals surface area (Å²) in [4.78, 5) is 4.41. The molecule has 0 amide bonds. The van der Waals surface area contributed by atoms with E-state index >= 15 is 0 Å². The highest BCUT2D eigenvalue weighted by molar-refractivity contribution is 9.10. The molecule has 1 aromatic carbocycles. The molecule has 1 aromatic heterocycles. The molecule has 0 radical (unpaired) electrons. The lowest BCUT2D eigenvalue weighted by Gasteiger charge is -2.12. The number of aromatic nitrogens is 2. The average molecular weight is 322 g/mol. The van der Waals surface area contributed by atoms with E-state index in [0.29, 0.717) is 0 Å². The van der Waals surface area contributed by atoms with Crippen LogP contribution in [0.1, 0.15) is 31.7 Å². The molecule has 0 aliphatic carbocycles. The first-order valence-corrected chi connectivity index (χ1v) is 7.47. The summed E-state index contributed by atoms with van der Waals surface area (Å²) in [5.41, 5.74) is 8.24. The van der Waals surface area contributed by atoms with Gasteiger partial charge in [0, 0.05) is 35.0 Å². The first kappa shape index (κ1) is 14.3. The lowest BCUT2D eigenvalue weighted by Crippen LogP contribution is -2.18. The quantitative estimate of drug-likeness (QED) is 0.916. The van der Waals surface area contributed by atoms with Crippen molar-refractivity contribution in [1.29, 1.82) is 0 Å². The maximum Gasteiger partial charge on any atom is 0.113 e. The number of benzene rings is 1. The molecule has 0 fully saturated rings. The number of nitrogens with zero attached hydrogens (tertiary/aromatic N) is 2. The van der Waals surface area contributed by atoms with Crippen molar-refractivity contribution in [2.45, 2.75) is 39.2 Å². The summed E-state index contributed by atoms with van der Waals surface area (Å²) >= 11 is 3.64. The van der Waals surface area contributed by atoms with E-state index in [4.69, 9.17) is 5.73 Å². The van der Waals surface area contributed by atoms with Crippen LogP contribution in [0.25, 0.3) is 5.69 Å². The summed E-state index contributed by atoms with van der Waals surface area (Å²) in [6.07, 6.45) is 6.84. The van der Waals surface area contributed by atoms with E-state index in [9.17, 15) is 0 Å². The predicted molar refractivity (Wildman–Crippen MR) is 82.6 cm³/mol. The number of imidazole rings is 1. The largest absolute Gasteiger partial charge is 0.328 e. The SMILES string of the molecule is CCCc1nccn1-c1ccc(CC(C)N)c(Br)c1. The van der Waals surface area contributed by atoms with E-state index in [0.717, 1.165) is 35.2 Å². The van der Waals surface area contributed by atoms with Gasteiger partial charge in [0.2, 0.25) is 0 Å². The maximum absolute atomic E-state index is 5.85. The van der Waals surface area contributed by atoms with Gasteiger partial charge in [0.15, 0.2) is 0 Å². The van der Waals surface area contributed by atoms with Crippen molar-refractivity contribution in [3.8, 4) is 5.69 Å². The van der Waals surface area contributed by atoms with Crippen LogP contribution in [0.2, 0.25) is 0 Å². The fourth-order valence-electron chi connectivity index (χ4n) is 2.18. The first-order valence-electron chi connectivity index (χ1n) is 6.68. The third-order valence-corrected chi connectivity index (χ3v) is 3.79. The van der Waals surface area contributed by atoms with Gasteiger partial charge in [-0.15, -0.1) is 0 Å². The zero-order chi connectivity index (χ0) is 13.8. The van der Waals surface area contributed by atoms with E-state index < -0.39 is 0 Å². The highest BCUT2D eigenvalue weighted by Crippen LogP contribution is 2.23. The Kier molecular flexibility index (Phi) is 4.77. The van der Waals surface area contributed by atoms with Crippen molar-refractivity contribution in [3.63, 3.8) is 0 Å². The van der Waals surface area contributed by atoms with Gasteiger partial charge >= 0.3 is 0 Å². The molecular weight excluding hydrogens is 302 g/mol. The Morgan fingerprint density at radius 1 is 1.42 bits per heavy atom. The van der Waals surface area contributed by atoms with Crippen LogP contribution in [0, 0.1) is 0 Å². The molecular formula is C15H20BrN3. The monoisotopic (exact) mass is 321 g/mol. The smallest absolute Gasteiger partial charge is 0.113 e. The molecule has 0 aliphatic rings. The van der Waals surface area contributed by atoms with Gasteiger partial charge in [-0.25, -0.2) is 4.98 Å². The van der Waals surface area contributed by atoms with Gasteiger partial charge in [-0.3, -0.25) is 0 Å². The Labute approximate surface area is 123 Å². The zero-order valence-electron chi connectivity index (χ0n) is 11.4. The van der Waals surface area contributed by atoms with Gasteiger partial charge in [-0.05, 0) is 37.5 Å². The number of halogens is 1. The van der Waals surface area contributed by atoms with Gasteiger partial charge in [0.1, 0.15) is 5.82 Å². The standard InChI is InChI=1S/C15H20BrN3/c1-3-4-15-18-7-8-19(15)13-6-5-12(9-11(2)17)14(16)10-13/h5-8,10-11H,3-4,9,17H2,1-2H3. The van der Waals surface area contributed by atoms with Crippen molar-refractivity contribution in [1.82, 2.24) is 9.55 Å². The number of aryl methyl sites for hydroxylation is 1. The first-order chi connectivity index (χ1) is 9.11. The third-order valence-electron chi connectivity index (χ3n) is 3.05. The van der Waals surface area contributed by atoms with Crippen LogP contribution in [-0.2, 0) is 12.8 Å². The third kappa shape index (κ3) is 3.45. The fourth-order valence-corrected chi connectivity index (χ4v) is 2.71. The molecule has 4 heteroatoms. The highest BCUT2D eigenvalue weighted by Gasteiger charge is 2.08. The van der Waals surface area contributed by atoms with Crippen molar-refractivity contribution in [2.75, 3.05) is 0 Å². The van der Waals surface area contributed by atoms with Gasteiger partial charge in [0.05, 0.1) is 0 Å². The Balaban J connectivity index is 2.31. The summed E-state index contributed by atoms with van der Waals surface area (Å²) in [7, 11) is 0. The van der Waals surface area contributed by atoms with E-state index in [1.807, 2.05) is 19.3 Å².